The number of aryl methyl sites for hydroxylation is 2. The van der Waals surface area contributed by atoms with Gasteiger partial charge in [0.1, 0.15) is 11.6 Å². The lowest BCUT2D eigenvalue weighted by molar-refractivity contribution is -0.139. The van der Waals surface area contributed by atoms with Crippen molar-refractivity contribution >= 4 is 17.5 Å². The third-order valence-electron chi connectivity index (χ3n) is 5.27. The van der Waals surface area contributed by atoms with Gasteiger partial charge >= 0.3 is 0 Å². The fourth-order valence-corrected chi connectivity index (χ4v) is 3.54. The van der Waals surface area contributed by atoms with E-state index in [0.29, 0.717) is 31.9 Å². The number of rotatable bonds is 6. The van der Waals surface area contributed by atoms with Crippen molar-refractivity contribution in [2.24, 2.45) is 0 Å². The SMILES string of the molecule is Cc1cccc(C)c1NC(=O)CN1CCN(C(=O)[C@H](C)Oc2ccc(F)cc2)CC1. The van der Waals surface area contributed by atoms with Crippen molar-refractivity contribution in [1.82, 2.24) is 9.80 Å². The monoisotopic (exact) mass is 413 g/mol. The molecule has 1 aliphatic rings. The number of hydrogen-bond acceptors (Lipinski definition) is 4. The van der Waals surface area contributed by atoms with Crippen LogP contribution in [0.3, 0.4) is 0 Å². The number of para-hydroxylation sites is 1. The number of carbonyl (C=O) groups is 2. The van der Waals surface area contributed by atoms with Gasteiger partial charge in [-0.05, 0) is 56.2 Å². The fourth-order valence-electron chi connectivity index (χ4n) is 3.54. The first-order valence-electron chi connectivity index (χ1n) is 10.1. The molecule has 1 atom stereocenters. The van der Waals surface area contributed by atoms with Crippen LogP contribution in [0.5, 0.6) is 5.75 Å². The molecule has 0 unspecified atom stereocenters. The minimum atomic E-state index is -0.658. The van der Waals surface area contributed by atoms with E-state index in [1.807, 2.05) is 36.9 Å². The lowest BCUT2D eigenvalue weighted by Gasteiger charge is -2.35. The minimum absolute atomic E-state index is 0.0554. The molecule has 3 rings (SSSR count). The quantitative estimate of drug-likeness (QED) is 0.791. The summed E-state index contributed by atoms with van der Waals surface area (Å²) in [4.78, 5) is 28.9. The number of amides is 2. The van der Waals surface area contributed by atoms with Gasteiger partial charge in [0.25, 0.3) is 5.91 Å². The lowest BCUT2D eigenvalue weighted by atomic mass is 10.1. The molecule has 1 saturated heterocycles. The average Bonchev–Trinajstić information content (AvgIpc) is 2.72. The van der Waals surface area contributed by atoms with E-state index in [1.54, 1.807) is 11.8 Å². The summed E-state index contributed by atoms with van der Waals surface area (Å²) in [5.41, 5.74) is 2.94. The van der Waals surface area contributed by atoms with Crippen LogP contribution < -0.4 is 10.1 Å². The zero-order chi connectivity index (χ0) is 21.7. The Balaban J connectivity index is 1.46. The molecule has 1 aliphatic heterocycles. The largest absolute Gasteiger partial charge is 0.481 e. The second-order valence-corrected chi connectivity index (χ2v) is 7.63. The van der Waals surface area contributed by atoms with Crippen molar-refractivity contribution in [3.8, 4) is 5.75 Å². The topological polar surface area (TPSA) is 61.9 Å². The van der Waals surface area contributed by atoms with Gasteiger partial charge in [0, 0.05) is 31.9 Å². The van der Waals surface area contributed by atoms with Crippen LogP contribution in [0.25, 0.3) is 0 Å². The molecular weight excluding hydrogens is 385 g/mol. The fraction of sp³-hybridized carbons (Fsp3) is 0.391. The van der Waals surface area contributed by atoms with Crippen LogP contribution >= 0.6 is 0 Å². The molecule has 0 aromatic heterocycles. The molecule has 30 heavy (non-hydrogen) atoms. The van der Waals surface area contributed by atoms with Crippen molar-refractivity contribution < 1.29 is 18.7 Å². The summed E-state index contributed by atoms with van der Waals surface area (Å²) in [6.45, 7) is 8.24. The molecule has 2 aromatic rings. The van der Waals surface area contributed by atoms with Gasteiger partial charge in [-0.3, -0.25) is 14.5 Å². The highest BCUT2D eigenvalue weighted by atomic mass is 19.1. The van der Waals surface area contributed by atoms with Crippen molar-refractivity contribution in [2.75, 3.05) is 38.0 Å². The average molecular weight is 413 g/mol. The Morgan fingerprint density at radius 3 is 2.23 bits per heavy atom. The van der Waals surface area contributed by atoms with Gasteiger partial charge in [0.2, 0.25) is 5.91 Å². The highest BCUT2D eigenvalue weighted by Crippen LogP contribution is 2.19. The number of nitrogens with zero attached hydrogens (tertiary/aromatic N) is 2. The number of benzene rings is 2. The van der Waals surface area contributed by atoms with Gasteiger partial charge in [0.15, 0.2) is 6.10 Å². The van der Waals surface area contributed by atoms with E-state index in [2.05, 4.69) is 5.32 Å². The standard InChI is InChI=1S/C23H28FN3O3/c1-16-5-4-6-17(2)22(16)25-21(28)15-26-11-13-27(14-12-26)23(29)18(3)30-20-9-7-19(24)8-10-20/h4-10,18H,11-15H2,1-3H3,(H,25,28)/t18-/m0/s1. The van der Waals surface area contributed by atoms with Crippen LogP contribution in [0.2, 0.25) is 0 Å². The number of ether oxygens (including phenoxy) is 1. The first-order chi connectivity index (χ1) is 14.3. The number of halogens is 1. The molecule has 0 spiro atoms. The highest BCUT2D eigenvalue weighted by molar-refractivity contribution is 5.93. The Bertz CT molecular complexity index is 873. The zero-order valence-corrected chi connectivity index (χ0v) is 17.7. The van der Waals surface area contributed by atoms with Crippen molar-refractivity contribution in [3.05, 3.63) is 59.4 Å². The summed E-state index contributed by atoms with van der Waals surface area (Å²) in [7, 11) is 0. The molecule has 2 amide bonds. The van der Waals surface area contributed by atoms with Gasteiger partial charge in [-0.25, -0.2) is 4.39 Å². The van der Waals surface area contributed by atoms with Gasteiger partial charge in [-0.2, -0.15) is 0 Å². The summed E-state index contributed by atoms with van der Waals surface area (Å²) in [5.74, 6) is -0.0581. The van der Waals surface area contributed by atoms with E-state index in [9.17, 15) is 14.0 Å². The van der Waals surface area contributed by atoms with Gasteiger partial charge in [0.05, 0.1) is 6.54 Å². The number of hydrogen-bond donors (Lipinski definition) is 1. The maximum Gasteiger partial charge on any atom is 0.263 e. The van der Waals surface area contributed by atoms with Crippen LogP contribution in [0.1, 0.15) is 18.1 Å². The molecule has 0 saturated carbocycles. The van der Waals surface area contributed by atoms with Crippen molar-refractivity contribution in [3.63, 3.8) is 0 Å². The third-order valence-corrected chi connectivity index (χ3v) is 5.27. The molecule has 2 aromatic carbocycles. The van der Waals surface area contributed by atoms with Crippen LogP contribution in [0.4, 0.5) is 10.1 Å². The molecule has 6 nitrogen and oxygen atoms in total. The molecule has 1 fully saturated rings. The number of carbonyl (C=O) groups excluding carboxylic acids is 2. The first kappa shape index (κ1) is 21.8. The van der Waals surface area contributed by atoms with E-state index in [0.717, 1.165) is 16.8 Å². The Labute approximate surface area is 176 Å². The van der Waals surface area contributed by atoms with Crippen LogP contribution in [0, 0.1) is 19.7 Å². The maximum atomic E-state index is 13.0. The summed E-state index contributed by atoms with van der Waals surface area (Å²) >= 11 is 0. The molecule has 7 heteroatoms. The molecule has 1 heterocycles. The summed E-state index contributed by atoms with van der Waals surface area (Å²) in [6.07, 6.45) is -0.658. The van der Waals surface area contributed by atoms with Gasteiger partial charge < -0.3 is 15.0 Å². The zero-order valence-electron chi connectivity index (χ0n) is 17.7. The highest BCUT2D eigenvalue weighted by Gasteiger charge is 2.27. The molecule has 0 radical (unpaired) electrons. The molecule has 1 N–H and O–H groups in total. The Morgan fingerprint density at radius 1 is 1.03 bits per heavy atom. The van der Waals surface area contributed by atoms with Crippen LogP contribution in [-0.4, -0.2) is 60.4 Å². The minimum Gasteiger partial charge on any atom is -0.481 e. The first-order valence-corrected chi connectivity index (χ1v) is 10.1. The maximum absolute atomic E-state index is 13.0. The predicted octanol–water partition coefficient (Wildman–Crippen LogP) is 2.99. The van der Waals surface area contributed by atoms with Crippen molar-refractivity contribution in [2.45, 2.75) is 26.9 Å². The lowest BCUT2D eigenvalue weighted by Crippen LogP contribution is -2.53. The number of anilines is 1. The smallest absolute Gasteiger partial charge is 0.263 e. The molecule has 0 bridgehead atoms. The summed E-state index contributed by atoms with van der Waals surface area (Å²) in [5, 5.41) is 3.00. The summed E-state index contributed by atoms with van der Waals surface area (Å²) < 4.78 is 18.6. The number of piperazine rings is 1. The van der Waals surface area contributed by atoms with E-state index in [-0.39, 0.29) is 24.2 Å². The Morgan fingerprint density at radius 2 is 1.63 bits per heavy atom. The number of nitrogens with one attached hydrogen (secondary N) is 1. The van der Waals surface area contributed by atoms with E-state index in [1.165, 1.54) is 24.3 Å². The normalized spacial score (nSPS) is 15.5. The van der Waals surface area contributed by atoms with Crippen LogP contribution in [-0.2, 0) is 9.59 Å². The molecule has 0 aliphatic carbocycles. The third kappa shape index (κ3) is 5.57. The van der Waals surface area contributed by atoms with Crippen LogP contribution in [0.15, 0.2) is 42.5 Å². The van der Waals surface area contributed by atoms with Crippen molar-refractivity contribution in [1.29, 1.82) is 0 Å². The van der Waals surface area contributed by atoms with E-state index in [4.69, 9.17) is 4.74 Å². The van der Waals surface area contributed by atoms with E-state index >= 15 is 0 Å². The predicted molar refractivity (Wildman–Crippen MR) is 114 cm³/mol. The Hall–Kier alpha value is -2.93. The molecular formula is C23H28FN3O3. The van der Waals surface area contributed by atoms with Gasteiger partial charge in [-0.1, -0.05) is 18.2 Å². The molecule has 160 valence electrons. The second-order valence-electron chi connectivity index (χ2n) is 7.63. The Kier molecular flexibility index (Phi) is 7.05. The van der Waals surface area contributed by atoms with E-state index < -0.39 is 6.10 Å². The summed E-state index contributed by atoms with van der Waals surface area (Å²) in [6, 6.07) is 11.5. The van der Waals surface area contributed by atoms with Gasteiger partial charge in [-0.15, -0.1) is 0 Å². The second kappa shape index (κ2) is 9.71.